The SMILES string of the molecule is CCCCS(=O)(=O)Nc1sc(C)cc1C(=O)OCC. The molecule has 1 heterocycles. The molecular formula is C12H19NO4S2. The van der Waals surface area contributed by atoms with E-state index < -0.39 is 16.0 Å². The molecule has 108 valence electrons. The second kappa shape index (κ2) is 6.91. The third-order valence-electron chi connectivity index (χ3n) is 2.37. The van der Waals surface area contributed by atoms with Crippen LogP contribution in [0.2, 0.25) is 0 Å². The van der Waals surface area contributed by atoms with Gasteiger partial charge in [-0.3, -0.25) is 4.72 Å². The molecule has 0 aromatic carbocycles. The number of anilines is 1. The van der Waals surface area contributed by atoms with Crippen LogP contribution in [0, 0.1) is 6.92 Å². The fourth-order valence-corrected chi connectivity index (χ4v) is 3.94. The van der Waals surface area contributed by atoms with Gasteiger partial charge >= 0.3 is 5.97 Å². The van der Waals surface area contributed by atoms with Gasteiger partial charge in [0.25, 0.3) is 0 Å². The molecule has 1 aromatic heterocycles. The third-order valence-corrected chi connectivity index (χ3v) is 4.80. The summed E-state index contributed by atoms with van der Waals surface area (Å²) in [6.07, 6.45) is 1.39. The van der Waals surface area contributed by atoms with Gasteiger partial charge in [0.05, 0.1) is 17.9 Å². The minimum Gasteiger partial charge on any atom is -0.462 e. The fraction of sp³-hybridized carbons (Fsp3) is 0.583. The van der Waals surface area contributed by atoms with Crippen molar-refractivity contribution in [3.63, 3.8) is 0 Å². The van der Waals surface area contributed by atoms with Crippen molar-refractivity contribution in [3.8, 4) is 0 Å². The minimum absolute atomic E-state index is 0.0582. The van der Waals surface area contributed by atoms with E-state index in [-0.39, 0.29) is 17.9 Å². The van der Waals surface area contributed by atoms with E-state index in [4.69, 9.17) is 4.74 Å². The molecule has 0 aliphatic rings. The zero-order chi connectivity index (χ0) is 14.5. The molecule has 1 aromatic rings. The molecule has 0 unspecified atom stereocenters. The molecule has 0 saturated heterocycles. The second-order valence-electron chi connectivity index (χ2n) is 4.09. The maximum atomic E-state index is 11.8. The first-order valence-corrected chi connectivity index (χ1v) is 8.64. The van der Waals surface area contributed by atoms with Gasteiger partial charge in [-0.2, -0.15) is 0 Å². The van der Waals surface area contributed by atoms with E-state index in [1.165, 1.54) is 11.3 Å². The first kappa shape index (κ1) is 16.0. The number of rotatable bonds is 7. The lowest BCUT2D eigenvalue weighted by molar-refractivity contribution is 0.0528. The van der Waals surface area contributed by atoms with Crippen LogP contribution < -0.4 is 4.72 Å². The molecule has 0 spiro atoms. The topological polar surface area (TPSA) is 72.5 Å². The maximum absolute atomic E-state index is 11.8. The molecule has 0 saturated carbocycles. The van der Waals surface area contributed by atoms with Crippen molar-refractivity contribution in [2.75, 3.05) is 17.1 Å². The summed E-state index contributed by atoms with van der Waals surface area (Å²) >= 11 is 1.24. The lowest BCUT2D eigenvalue weighted by atomic mass is 10.3. The summed E-state index contributed by atoms with van der Waals surface area (Å²) in [5.74, 6) is -0.442. The number of unbranched alkanes of at least 4 members (excludes halogenated alkanes) is 1. The number of hydrogen-bond acceptors (Lipinski definition) is 5. The number of esters is 1. The maximum Gasteiger partial charge on any atom is 0.341 e. The first-order chi connectivity index (χ1) is 8.89. The third kappa shape index (κ3) is 4.83. The monoisotopic (exact) mass is 305 g/mol. The smallest absolute Gasteiger partial charge is 0.341 e. The summed E-state index contributed by atoms with van der Waals surface area (Å²) in [6, 6.07) is 1.64. The van der Waals surface area contributed by atoms with Crippen LogP contribution in [0.4, 0.5) is 5.00 Å². The van der Waals surface area contributed by atoms with Gasteiger partial charge in [0, 0.05) is 4.88 Å². The predicted octanol–water partition coefficient (Wildman–Crippen LogP) is 2.78. The Morgan fingerprint density at radius 3 is 2.68 bits per heavy atom. The van der Waals surface area contributed by atoms with E-state index >= 15 is 0 Å². The number of sulfonamides is 1. The molecule has 1 rings (SSSR count). The summed E-state index contributed by atoms with van der Waals surface area (Å²) < 4.78 is 31.1. The van der Waals surface area contributed by atoms with Crippen LogP contribution >= 0.6 is 11.3 Å². The van der Waals surface area contributed by atoms with Gasteiger partial charge in [0.15, 0.2) is 0 Å². The summed E-state index contributed by atoms with van der Waals surface area (Å²) in [5, 5.41) is 0.340. The van der Waals surface area contributed by atoms with Crippen molar-refractivity contribution in [1.82, 2.24) is 0 Å². The Morgan fingerprint density at radius 1 is 1.42 bits per heavy atom. The standard InChI is InChI=1S/C12H19NO4S2/c1-4-6-7-19(15,16)13-11-10(8-9(3)18-11)12(14)17-5-2/h8,13H,4-7H2,1-3H3. The lowest BCUT2D eigenvalue weighted by Gasteiger charge is -2.07. The Hall–Kier alpha value is -1.08. The van der Waals surface area contributed by atoms with Crippen LogP contribution in [0.25, 0.3) is 0 Å². The van der Waals surface area contributed by atoms with Crippen LogP contribution in [-0.2, 0) is 14.8 Å². The minimum atomic E-state index is -3.40. The van der Waals surface area contributed by atoms with Gasteiger partial charge in [-0.1, -0.05) is 13.3 Å². The Kier molecular flexibility index (Phi) is 5.81. The number of nitrogens with one attached hydrogen (secondary N) is 1. The number of aryl methyl sites for hydroxylation is 1. The highest BCUT2D eigenvalue weighted by Crippen LogP contribution is 2.29. The quantitative estimate of drug-likeness (QED) is 0.786. The highest BCUT2D eigenvalue weighted by Gasteiger charge is 2.20. The van der Waals surface area contributed by atoms with Crippen LogP contribution in [0.3, 0.4) is 0 Å². The predicted molar refractivity (Wildman–Crippen MR) is 77.3 cm³/mol. The van der Waals surface area contributed by atoms with Crippen molar-refractivity contribution in [3.05, 3.63) is 16.5 Å². The van der Waals surface area contributed by atoms with Gasteiger partial charge in [-0.25, -0.2) is 13.2 Å². The van der Waals surface area contributed by atoms with Crippen molar-refractivity contribution >= 4 is 32.3 Å². The number of carbonyl (C=O) groups is 1. The van der Waals surface area contributed by atoms with Crippen LogP contribution in [0.5, 0.6) is 0 Å². The number of thiophene rings is 1. The summed E-state index contributed by atoms with van der Waals surface area (Å²) in [5.41, 5.74) is 0.282. The van der Waals surface area contributed by atoms with Crippen molar-refractivity contribution in [1.29, 1.82) is 0 Å². The normalized spacial score (nSPS) is 11.3. The number of hydrogen-bond donors (Lipinski definition) is 1. The van der Waals surface area contributed by atoms with E-state index in [1.807, 2.05) is 13.8 Å². The van der Waals surface area contributed by atoms with E-state index in [0.717, 1.165) is 11.3 Å². The average molecular weight is 305 g/mol. The van der Waals surface area contributed by atoms with Crippen LogP contribution in [0.15, 0.2) is 6.07 Å². The van der Waals surface area contributed by atoms with E-state index in [2.05, 4.69) is 4.72 Å². The molecule has 19 heavy (non-hydrogen) atoms. The van der Waals surface area contributed by atoms with Gasteiger partial charge in [0.2, 0.25) is 10.0 Å². The molecule has 0 amide bonds. The number of ether oxygens (including phenoxy) is 1. The van der Waals surface area contributed by atoms with Crippen LogP contribution in [0.1, 0.15) is 41.9 Å². The van der Waals surface area contributed by atoms with Gasteiger partial charge < -0.3 is 4.74 Å². The van der Waals surface area contributed by atoms with Gasteiger partial charge in [0.1, 0.15) is 5.00 Å². The largest absolute Gasteiger partial charge is 0.462 e. The highest BCUT2D eigenvalue weighted by molar-refractivity contribution is 7.92. The average Bonchev–Trinajstić information content (AvgIpc) is 2.67. The molecule has 7 heteroatoms. The Labute approximate surface area is 118 Å². The fourth-order valence-electron chi connectivity index (χ4n) is 1.48. The Bertz CT molecular complexity index is 534. The van der Waals surface area contributed by atoms with E-state index in [1.54, 1.807) is 13.0 Å². The van der Waals surface area contributed by atoms with Gasteiger partial charge in [-0.15, -0.1) is 11.3 Å². The summed E-state index contributed by atoms with van der Waals surface area (Å²) in [7, 11) is -3.40. The molecule has 5 nitrogen and oxygen atoms in total. The Morgan fingerprint density at radius 2 is 2.11 bits per heavy atom. The van der Waals surface area contributed by atoms with Gasteiger partial charge in [-0.05, 0) is 26.3 Å². The zero-order valence-corrected chi connectivity index (χ0v) is 13.0. The van der Waals surface area contributed by atoms with Crippen molar-refractivity contribution in [2.45, 2.75) is 33.6 Å². The number of carbonyl (C=O) groups excluding carboxylic acids is 1. The molecule has 0 aliphatic heterocycles. The molecule has 0 radical (unpaired) electrons. The summed E-state index contributed by atoms with van der Waals surface area (Å²) in [4.78, 5) is 12.6. The first-order valence-electron chi connectivity index (χ1n) is 6.17. The molecular weight excluding hydrogens is 286 g/mol. The molecule has 0 bridgehead atoms. The Balaban J connectivity index is 2.92. The van der Waals surface area contributed by atoms with E-state index in [0.29, 0.717) is 11.4 Å². The van der Waals surface area contributed by atoms with Crippen molar-refractivity contribution in [2.24, 2.45) is 0 Å². The zero-order valence-electron chi connectivity index (χ0n) is 11.4. The van der Waals surface area contributed by atoms with E-state index in [9.17, 15) is 13.2 Å². The van der Waals surface area contributed by atoms with Crippen molar-refractivity contribution < 1.29 is 17.9 Å². The second-order valence-corrected chi connectivity index (χ2v) is 7.19. The highest BCUT2D eigenvalue weighted by atomic mass is 32.2. The molecule has 0 fully saturated rings. The molecule has 1 N–H and O–H groups in total. The summed E-state index contributed by atoms with van der Waals surface area (Å²) in [6.45, 7) is 5.71. The van der Waals surface area contributed by atoms with Crippen LogP contribution in [-0.4, -0.2) is 26.7 Å². The molecule has 0 atom stereocenters. The lowest BCUT2D eigenvalue weighted by Crippen LogP contribution is -2.17. The molecule has 0 aliphatic carbocycles.